The van der Waals surface area contributed by atoms with E-state index in [-0.39, 0.29) is 0 Å². The van der Waals surface area contributed by atoms with Crippen LogP contribution in [0.1, 0.15) is 44.2 Å². The lowest BCUT2D eigenvalue weighted by Gasteiger charge is -2.25. The molecular weight excluding hydrogens is 222 g/mol. The number of aromatic nitrogens is 1. The van der Waals surface area contributed by atoms with Gasteiger partial charge in [-0.15, -0.1) is 0 Å². The van der Waals surface area contributed by atoms with Crippen LogP contribution in [-0.4, -0.2) is 24.1 Å². The molecule has 1 heterocycles. The van der Waals surface area contributed by atoms with Gasteiger partial charge in [-0.1, -0.05) is 18.9 Å². The quantitative estimate of drug-likeness (QED) is 0.864. The highest BCUT2D eigenvalue weighted by Crippen LogP contribution is 2.26. The molecule has 2 fully saturated rings. The second kappa shape index (κ2) is 5.27. The predicted octanol–water partition coefficient (Wildman–Crippen LogP) is 2.71. The van der Waals surface area contributed by atoms with Crippen molar-refractivity contribution in [2.75, 3.05) is 11.9 Å². The summed E-state index contributed by atoms with van der Waals surface area (Å²) in [6, 6.07) is 7.85. The zero-order valence-corrected chi connectivity index (χ0v) is 11.2. The van der Waals surface area contributed by atoms with E-state index in [0.717, 1.165) is 18.4 Å². The van der Waals surface area contributed by atoms with E-state index in [2.05, 4.69) is 35.5 Å². The van der Waals surface area contributed by atoms with Gasteiger partial charge in [0.1, 0.15) is 5.82 Å². The molecule has 0 saturated heterocycles. The van der Waals surface area contributed by atoms with E-state index in [1.165, 1.54) is 44.2 Å². The second-order valence-electron chi connectivity index (χ2n) is 5.69. The summed E-state index contributed by atoms with van der Waals surface area (Å²) in [5.41, 5.74) is 1.17. The SMILES string of the molecule is CN(c1cccc(CNC2CC2)n1)C1CCCC1. The van der Waals surface area contributed by atoms with Gasteiger partial charge in [0.25, 0.3) is 0 Å². The molecule has 2 aliphatic carbocycles. The summed E-state index contributed by atoms with van der Waals surface area (Å²) < 4.78 is 0. The Morgan fingerprint density at radius 3 is 2.72 bits per heavy atom. The van der Waals surface area contributed by atoms with Crippen LogP contribution in [0.3, 0.4) is 0 Å². The summed E-state index contributed by atoms with van der Waals surface area (Å²) in [6.07, 6.45) is 8.06. The van der Waals surface area contributed by atoms with Crippen LogP contribution in [0.4, 0.5) is 5.82 Å². The highest BCUT2D eigenvalue weighted by Gasteiger charge is 2.22. The van der Waals surface area contributed by atoms with Crippen LogP contribution >= 0.6 is 0 Å². The number of hydrogen-bond acceptors (Lipinski definition) is 3. The van der Waals surface area contributed by atoms with Crippen LogP contribution < -0.4 is 10.2 Å². The van der Waals surface area contributed by atoms with Gasteiger partial charge < -0.3 is 10.2 Å². The molecule has 1 N–H and O–H groups in total. The molecule has 0 radical (unpaired) electrons. The standard InChI is InChI=1S/C15H23N3/c1-18(14-6-2-3-7-14)15-8-4-5-13(17-15)11-16-12-9-10-12/h4-5,8,12,14,16H,2-3,6-7,9-11H2,1H3. The fraction of sp³-hybridized carbons (Fsp3) is 0.667. The van der Waals surface area contributed by atoms with Gasteiger partial charge in [-0.25, -0.2) is 4.98 Å². The van der Waals surface area contributed by atoms with Crippen molar-refractivity contribution in [1.29, 1.82) is 0 Å². The Morgan fingerprint density at radius 1 is 1.22 bits per heavy atom. The summed E-state index contributed by atoms with van der Waals surface area (Å²) in [4.78, 5) is 7.15. The molecule has 0 spiro atoms. The van der Waals surface area contributed by atoms with Crippen molar-refractivity contribution < 1.29 is 0 Å². The average molecular weight is 245 g/mol. The number of anilines is 1. The Balaban J connectivity index is 1.64. The smallest absolute Gasteiger partial charge is 0.128 e. The maximum Gasteiger partial charge on any atom is 0.128 e. The first-order valence-corrected chi connectivity index (χ1v) is 7.25. The van der Waals surface area contributed by atoms with E-state index in [0.29, 0.717) is 6.04 Å². The zero-order valence-electron chi connectivity index (χ0n) is 11.2. The maximum absolute atomic E-state index is 4.78. The summed E-state index contributed by atoms with van der Waals surface area (Å²) in [7, 11) is 2.19. The molecule has 0 amide bonds. The molecule has 0 atom stereocenters. The van der Waals surface area contributed by atoms with Gasteiger partial charge in [-0.05, 0) is 37.8 Å². The van der Waals surface area contributed by atoms with Crippen LogP contribution in [0.15, 0.2) is 18.2 Å². The number of pyridine rings is 1. The van der Waals surface area contributed by atoms with E-state index in [1.807, 2.05) is 0 Å². The Labute approximate surface area is 110 Å². The van der Waals surface area contributed by atoms with E-state index < -0.39 is 0 Å². The van der Waals surface area contributed by atoms with Gasteiger partial charge >= 0.3 is 0 Å². The van der Waals surface area contributed by atoms with Gasteiger partial charge in [0, 0.05) is 25.7 Å². The first-order chi connectivity index (χ1) is 8.83. The molecule has 18 heavy (non-hydrogen) atoms. The Bertz CT molecular complexity index is 394. The molecule has 3 nitrogen and oxygen atoms in total. The van der Waals surface area contributed by atoms with Gasteiger partial charge in [0.15, 0.2) is 0 Å². The van der Waals surface area contributed by atoms with Gasteiger partial charge in [-0.2, -0.15) is 0 Å². The third-order valence-electron chi connectivity index (χ3n) is 4.18. The Morgan fingerprint density at radius 2 is 2.00 bits per heavy atom. The van der Waals surface area contributed by atoms with Crippen LogP contribution in [0, 0.1) is 0 Å². The van der Waals surface area contributed by atoms with Crippen LogP contribution in [-0.2, 0) is 6.54 Å². The van der Waals surface area contributed by atoms with Crippen molar-refractivity contribution >= 4 is 5.82 Å². The van der Waals surface area contributed by atoms with Crippen molar-refractivity contribution in [3.63, 3.8) is 0 Å². The molecule has 3 heteroatoms. The first-order valence-electron chi connectivity index (χ1n) is 7.25. The van der Waals surface area contributed by atoms with Crippen LogP contribution in [0.5, 0.6) is 0 Å². The van der Waals surface area contributed by atoms with Crippen molar-refractivity contribution in [3.8, 4) is 0 Å². The molecule has 0 aliphatic heterocycles. The topological polar surface area (TPSA) is 28.2 Å². The minimum Gasteiger partial charge on any atom is -0.357 e. The van der Waals surface area contributed by atoms with Crippen molar-refractivity contribution in [3.05, 3.63) is 23.9 Å². The van der Waals surface area contributed by atoms with Crippen molar-refractivity contribution in [2.24, 2.45) is 0 Å². The maximum atomic E-state index is 4.78. The highest BCUT2D eigenvalue weighted by molar-refractivity contribution is 5.39. The van der Waals surface area contributed by atoms with E-state index in [4.69, 9.17) is 4.98 Å². The highest BCUT2D eigenvalue weighted by atomic mass is 15.2. The molecule has 1 aromatic heterocycles. The van der Waals surface area contributed by atoms with E-state index in [1.54, 1.807) is 0 Å². The molecule has 0 aromatic carbocycles. The van der Waals surface area contributed by atoms with Crippen LogP contribution in [0.2, 0.25) is 0 Å². The largest absolute Gasteiger partial charge is 0.357 e. The molecule has 2 saturated carbocycles. The van der Waals surface area contributed by atoms with Gasteiger partial charge in [0.05, 0.1) is 5.69 Å². The summed E-state index contributed by atoms with van der Waals surface area (Å²) in [5.74, 6) is 1.14. The monoisotopic (exact) mass is 245 g/mol. The molecule has 0 unspecified atom stereocenters. The second-order valence-corrected chi connectivity index (χ2v) is 5.69. The van der Waals surface area contributed by atoms with Crippen LogP contribution in [0.25, 0.3) is 0 Å². The molecular formula is C15H23N3. The molecule has 2 aliphatic rings. The summed E-state index contributed by atoms with van der Waals surface area (Å²) >= 11 is 0. The lowest BCUT2D eigenvalue weighted by molar-refractivity contribution is 0.638. The zero-order chi connectivity index (χ0) is 12.4. The van der Waals surface area contributed by atoms with E-state index in [9.17, 15) is 0 Å². The Hall–Kier alpha value is -1.09. The molecule has 0 bridgehead atoms. The minimum atomic E-state index is 0.698. The number of nitrogens with one attached hydrogen (secondary N) is 1. The first kappa shape index (κ1) is 12.0. The molecule has 3 rings (SSSR count). The predicted molar refractivity (Wildman–Crippen MR) is 74.8 cm³/mol. The minimum absolute atomic E-state index is 0.698. The number of hydrogen-bond donors (Lipinski definition) is 1. The fourth-order valence-corrected chi connectivity index (χ4v) is 2.78. The molecule has 98 valence electrons. The van der Waals surface area contributed by atoms with E-state index >= 15 is 0 Å². The van der Waals surface area contributed by atoms with Gasteiger partial charge in [0.2, 0.25) is 0 Å². The molecule has 1 aromatic rings. The number of nitrogens with zero attached hydrogens (tertiary/aromatic N) is 2. The van der Waals surface area contributed by atoms with Crippen molar-refractivity contribution in [2.45, 2.75) is 57.2 Å². The summed E-state index contributed by atoms with van der Waals surface area (Å²) in [5, 5.41) is 3.53. The lowest BCUT2D eigenvalue weighted by atomic mass is 10.2. The average Bonchev–Trinajstić information content (AvgIpc) is 3.08. The van der Waals surface area contributed by atoms with Crippen molar-refractivity contribution in [1.82, 2.24) is 10.3 Å². The third kappa shape index (κ3) is 2.83. The Kier molecular flexibility index (Phi) is 3.50. The lowest BCUT2D eigenvalue weighted by Crippen LogP contribution is -2.30. The summed E-state index contributed by atoms with van der Waals surface area (Å²) in [6.45, 7) is 0.914. The fourth-order valence-electron chi connectivity index (χ4n) is 2.78. The van der Waals surface area contributed by atoms with Gasteiger partial charge in [-0.3, -0.25) is 0 Å². The normalized spacial score (nSPS) is 20.3. The third-order valence-corrected chi connectivity index (χ3v) is 4.18. The number of rotatable bonds is 5.